The van der Waals surface area contributed by atoms with Crippen LogP contribution >= 0.6 is 0 Å². The molecule has 0 spiro atoms. The molecule has 0 aromatic carbocycles. The van der Waals surface area contributed by atoms with Crippen molar-refractivity contribution in [3.05, 3.63) is 0 Å². The Bertz CT molecular complexity index is 456. The van der Waals surface area contributed by atoms with Gasteiger partial charge in [0.2, 0.25) is 0 Å². The lowest BCUT2D eigenvalue weighted by Gasteiger charge is -2.19. The predicted molar refractivity (Wildman–Crippen MR) is 101 cm³/mol. The Labute approximate surface area is 175 Å². The molecule has 0 aromatic heterocycles. The van der Waals surface area contributed by atoms with Gasteiger partial charge in [-0.3, -0.25) is 0 Å². The van der Waals surface area contributed by atoms with E-state index in [1.54, 1.807) is 6.92 Å². The fourth-order valence-corrected chi connectivity index (χ4v) is 1.82. The second-order valence-electron chi connectivity index (χ2n) is 6.61. The van der Waals surface area contributed by atoms with E-state index in [2.05, 4.69) is 0 Å². The second kappa shape index (κ2) is 17.0. The van der Waals surface area contributed by atoms with Crippen LogP contribution in [0.15, 0.2) is 0 Å². The van der Waals surface area contributed by atoms with E-state index in [-0.39, 0.29) is 39.6 Å². The summed E-state index contributed by atoms with van der Waals surface area (Å²) in [7, 11) is 1.46. The predicted octanol–water partition coefficient (Wildman–Crippen LogP) is -0.148. The van der Waals surface area contributed by atoms with Gasteiger partial charge in [0.15, 0.2) is 0 Å². The molecule has 0 radical (unpaired) electrons. The number of rotatable bonds is 16. The lowest BCUT2D eigenvalue weighted by molar-refractivity contribution is -0.0748. The van der Waals surface area contributed by atoms with Crippen molar-refractivity contribution in [2.24, 2.45) is 0 Å². The van der Waals surface area contributed by atoms with Crippen LogP contribution in [0.5, 0.6) is 0 Å². The molecule has 12 nitrogen and oxygen atoms in total. The number of carbonyl (C=O) groups is 2. The van der Waals surface area contributed by atoms with Gasteiger partial charge < -0.3 is 48.5 Å². The summed E-state index contributed by atoms with van der Waals surface area (Å²) in [6, 6.07) is 0. The number of aliphatic hydroxyl groups is 3. The van der Waals surface area contributed by atoms with E-state index in [9.17, 15) is 14.7 Å². The Hall–Kier alpha value is -1.70. The Balaban J connectivity index is 4.07. The third-order valence-electron chi connectivity index (χ3n) is 3.21. The zero-order valence-corrected chi connectivity index (χ0v) is 17.9. The van der Waals surface area contributed by atoms with Gasteiger partial charge in [-0.15, -0.1) is 0 Å². The summed E-state index contributed by atoms with van der Waals surface area (Å²) in [5.74, 6) is 0. The molecular formula is C18H34O12. The Morgan fingerprint density at radius 1 is 0.733 bits per heavy atom. The maximum atomic E-state index is 11.6. The molecule has 0 aliphatic carbocycles. The van der Waals surface area contributed by atoms with E-state index >= 15 is 0 Å². The van der Waals surface area contributed by atoms with Gasteiger partial charge in [-0.1, -0.05) is 0 Å². The second-order valence-corrected chi connectivity index (χ2v) is 6.61. The molecule has 178 valence electrons. The first-order valence-corrected chi connectivity index (χ1v) is 9.49. The third-order valence-corrected chi connectivity index (χ3v) is 3.21. The summed E-state index contributed by atoms with van der Waals surface area (Å²) in [6.07, 6.45) is -5.62. The van der Waals surface area contributed by atoms with Crippen LogP contribution in [0.4, 0.5) is 9.59 Å². The summed E-state index contributed by atoms with van der Waals surface area (Å²) in [5.41, 5.74) is 0. The molecule has 3 N–H and O–H groups in total. The van der Waals surface area contributed by atoms with Crippen molar-refractivity contribution in [2.45, 2.75) is 51.3 Å². The van der Waals surface area contributed by atoms with Crippen molar-refractivity contribution in [3.8, 4) is 0 Å². The van der Waals surface area contributed by atoms with Crippen LogP contribution in [0.3, 0.4) is 0 Å². The molecule has 0 heterocycles. The van der Waals surface area contributed by atoms with Crippen LogP contribution in [0.2, 0.25) is 0 Å². The van der Waals surface area contributed by atoms with Gasteiger partial charge in [0.25, 0.3) is 0 Å². The van der Waals surface area contributed by atoms with Crippen molar-refractivity contribution >= 4 is 12.3 Å². The average molecular weight is 442 g/mol. The number of methoxy groups -OCH3 is 1. The highest BCUT2D eigenvalue weighted by atomic mass is 16.8. The van der Waals surface area contributed by atoms with E-state index in [0.29, 0.717) is 0 Å². The van der Waals surface area contributed by atoms with Crippen molar-refractivity contribution < 1.29 is 58.1 Å². The Morgan fingerprint density at radius 3 is 1.77 bits per heavy atom. The number of ether oxygens (including phenoxy) is 7. The molecule has 0 aliphatic heterocycles. The van der Waals surface area contributed by atoms with E-state index in [1.807, 2.05) is 0 Å². The molecule has 30 heavy (non-hydrogen) atoms. The maximum Gasteiger partial charge on any atom is 0.508 e. The van der Waals surface area contributed by atoms with Crippen LogP contribution in [0, 0.1) is 0 Å². The summed E-state index contributed by atoms with van der Waals surface area (Å²) in [6.45, 7) is 3.62. The van der Waals surface area contributed by atoms with Crippen molar-refractivity contribution in [1.82, 2.24) is 0 Å². The van der Waals surface area contributed by atoms with Gasteiger partial charge in [-0.2, -0.15) is 0 Å². The van der Waals surface area contributed by atoms with E-state index in [1.165, 1.54) is 21.0 Å². The molecule has 0 aliphatic rings. The quantitative estimate of drug-likeness (QED) is 0.272. The lowest BCUT2D eigenvalue weighted by atomic mass is 10.4. The van der Waals surface area contributed by atoms with Gasteiger partial charge in [-0.05, 0) is 20.8 Å². The molecule has 12 heteroatoms. The number of aliphatic hydroxyl groups excluding tert-OH is 3. The molecule has 0 saturated heterocycles. The smallest absolute Gasteiger partial charge is 0.431 e. The van der Waals surface area contributed by atoms with Gasteiger partial charge in [0.1, 0.15) is 38.1 Å². The normalized spacial score (nSPS) is 16.1. The zero-order chi connectivity index (χ0) is 22.9. The molecule has 0 bridgehead atoms. The first kappa shape index (κ1) is 28.3. The number of hydrogen-bond donors (Lipinski definition) is 3. The molecular weight excluding hydrogens is 408 g/mol. The summed E-state index contributed by atoms with van der Waals surface area (Å²) in [4.78, 5) is 23.3. The van der Waals surface area contributed by atoms with E-state index < -0.39 is 49.4 Å². The standard InChI is InChI=1S/C18H34O12/c1-12(20)6-25-15(5-19)10-29-18(23)30-14(3)8-27-17(22)28-11-16(9-24-4)26-7-13(2)21/h12-16,19-21H,5-11H2,1-4H3. The van der Waals surface area contributed by atoms with Crippen LogP contribution in [-0.2, 0) is 33.2 Å². The highest BCUT2D eigenvalue weighted by Gasteiger charge is 2.18. The van der Waals surface area contributed by atoms with Crippen LogP contribution in [0.25, 0.3) is 0 Å². The van der Waals surface area contributed by atoms with Crippen molar-refractivity contribution in [2.75, 3.05) is 53.4 Å². The van der Waals surface area contributed by atoms with Crippen molar-refractivity contribution in [3.63, 3.8) is 0 Å². The number of carbonyl (C=O) groups excluding carboxylic acids is 2. The minimum atomic E-state index is -1.04. The third kappa shape index (κ3) is 16.1. The first-order valence-electron chi connectivity index (χ1n) is 9.49. The SMILES string of the molecule is COCC(COC(=O)OCC(C)OC(=O)OCC(CO)OCC(C)O)OCC(C)O. The molecule has 0 rings (SSSR count). The van der Waals surface area contributed by atoms with Gasteiger partial charge >= 0.3 is 12.3 Å². The molecule has 0 amide bonds. The number of hydrogen-bond acceptors (Lipinski definition) is 12. The Morgan fingerprint density at radius 2 is 1.23 bits per heavy atom. The summed E-state index contributed by atoms with van der Waals surface area (Å²) >= 11 is 0. The molecule has 0 fully saturated rings. The maximum absolute atomic E-state index is 11.6. The monoisotopic (exact) mass is 442 g/mol. The molecule has 5 atom stereocenters. The topological polar surface area (TPSA) is 159 Å². The zero-order valence-electron chi connectivity index (χ0n) is 17.9. The Kier molecular flexibility index (Phi) is 16.1. The average Bonchev–Trinajstić information content (AvgIpc) is 2.68. The first-order chi connectivity index (χ1) is 14.2. The molecule has 0 aromatic rings. The highest BCUT2D eigenvalue weighted by molar-refractivity contribution is 5.61. The van der Waals surface area contributed by atoms with Crippen molar-refractivity contribution in [1.29, 1.82) is 0 Å². The minimum Gasteiger partial charge on any atom is -0.431 e. The van der Waals surface area contributed by atoms with Crippen LogP contribution in [0.1, 0.15) is 20.8 Å². The van der Waals surface area contributed by atoms with Crippen LogP contribution < -0.4 is 0 Å². The summed E-state index contributed by atoms with van der Waals surface area (Å²) < 4.78 is 34.8. The van der Waals surface area contributed by atoms with Crippen LogP contribution in [-0.4, -0.2) is 112 Å². The fraction of sp³-hybridized carbons (Fsp3) is 0.889. The molecule has 0 saturated carbocycles. The van der Waals surface area contributed by atoms with Gasteiger partial charge in [0.05, 0.1) is 38.6 Å². The highest BCUT2D eigenvalue weighted by Crippen LogP contribution is 2.02. The van der Waals surface area contributed by atoms with E-state index in [0.717, 1.165) is 0 Å². The summed E-state index contributed by atoms with van der Waals surface area (Å²) in [5, 5.41) is 27.5. The fourth-order valence-electron chi connectivity index (χ4n) is 1.82. The van der Waals surface area contributed by atoms with Gasteiger partial charge in [0, 0.05) is 7.11 Å². The van der Waals surface area contributed by atoms with Gasteiger partial charge in [-0.25, -0.2) is 9.59 Å². The van der Waals surface area contributed by atoms with E-state index in [4.69, 9.17) is 43.4 Å². The lowest BCUT2D eigenvalue weighted by Crippen LogP contribution is -2.31. The largest absolute Gasteiger partial charge is 0.508 e. The minimum absolute atomic E-state index is 0.0225. The molecule has 5 unspecified atom stereocenters.